The number of ether oxygens (including phenoxy) is 3. The summed E-state index contributed by atoms with van der Waals surface area (Å²) in [7, 11) is 1.44. The standard InChI is InChI=1S/C24H26N2O7/c1-14(2)10-18(24(29)30)26-23(28)17(11-15-8-9-20-21(12-15)33-13-32-20)25-22(27)16-6-4-5-7-19(16)31-3/h4-9,11-12,14,18H,10,13H2,1-3H3,(H,25,27)(H,26,28)(H,29,30)/b17-11+/t18-/m0/s1. The van der Waals surface area contributed by atoms with E-state index in [4.69, 9.17) is 14.2 Å². The molecule has 9 heteroatoms. The molecule has 3 N–H and O–H groups in total. The number of carbonyl (C=O) groups excluding carboxylic acids is 2. The molecule has 1 heterocycles. The Morgan fingerprint density at radius 1 is 1.12 bits per heavy atom. The highest BCUT2D eigenvalue weighted by Gasteiger charge is 2.25. The van der Waals surface area contributed by atoms with Crippen molar-refractivity contribution >= 4 is 23.9 Å². The van der Waals surface area contributed by atoms with Crippen molar-refractivity contribution in [3.05, 3.63) is 59.3 Å². The number of amides is 2. The fourth-order valence-corrected chi connectivity index (χ4v) is 3.28. The molecule has 0 fully saturated rings. The first kappa shape index (κ1) is 23.6. The molecule has 1 aliphatic heterocycles. The predicted octanol–water partition coefficient (Wildman–Crippen LogP) is 2.81. The molecule has 0 spiro atoms. The Bertz CT molecular complexity index is 1080. The number of fused-ring (bicyclic) bond motifs is 1. The van der Waals surface area contributed by atoms with Gasteiger partial charge in [0.25, 0.3) is 11.8 Å². The van der Waals surface area contributed by atoms with Crippen molar-refractivity contribution < 1.29 is 33.7 Å². The number of aliphatic carboxylic acids is 1. The monoisotopic (exact) mass is 454 g/mol. The van der Waals surface area contributed by atoms with Gasteiger partial charge in [0.2, 0.25) is 6.79 Å². The van der Waals surface area contributed by atoms with E-state index in [9.17, 15) is 19.5 Å². The molecule has 0 unspecified atom stereocenters. The van der Waals surface area contributed by atoms with Gasteiger partial charge in [0.15, 0.2) is 11.5 Å². The molecule has 0 saturated heterocycles. The summed E-state index contributed by atoms with van der Waals surface area (Å²) in [5.74, 6) is -1.02. The first-order valence-corrected chi connectivity index (χ1v) is 10.4. The average Bonchev–Trinajstić information content (AvgIpc) is 3.25. The SMILES string of the molecule is COc1ccccc1C(=O)N/C(=C/c1ccc2c(c1)OCO2)C(=O)N[C@@H](CC(C)C)C(=O)O. The lowest BCUT2D eigenvalue weighted by atomic mass is 10.0. The topological polar surface area (TPSA) is 123 Å². The van der Waals surface area contributed by atoms with Crippen molar-refractivity contribution in [3.63, 3.8) is 0 Å². The molecule has 174 valence electrons. The van der Waals surface area contributed by atoms with Gasteiger partial charge in [0.1, 0.15) is 17.5 Å². The largest absolute Gasteiger partial charge is 0.496 e. The minimum absolute atomic E-state index is 0.0378. The van der Waals surface area contributed by atoms with Crippen molar-refractivity contribution in [3.8, 4) is 17.2 Å². The van der Waals surface area contributed by atoms with E-state index in [1.165, 1.54) is 13.2 Å². The summed E-state index contributed by atoms with van der Waals surface area (Å²) in [6.07, 6.45) is 1.68. The number of carboxylic acid groups (broad SMARTS) is 1. The van der Waals surface area contributed by atoms with Crippen LogP contribution in [0.5, 0.6) is 17.2 Å². The Morgan fingerprint density at radius 2 is 1.85 bits per heavy atom. The third-order valence-electron chi connectivity index (χ3n) is 4.86. The van der Waals surface area contributed by atoms with Crippen LogP contribution in [0.3, 0.4) is 0 Å². The fraction of sp³-hybridized carbons (Fsp3) is 0.292. The van der Waals surface area contributed by atoms with E-state index in [0.717, 1.165) is 0 Å². The third kappa shape index (κ3) is 6.03. The zero-order valence-electron chi connectivity index (χ0n) is 18.6. The van der Waals surface area contributed by atoms with Crippen LogP contribution in [0.15, 0.2) is 48.2 Å². The van der Waals surface area contributed by atoms with Crippen LogP contribution in [0.2, 0.25) is 0 Å². The van der Waals surface area contributed by atoms with Crippen molar-refractivity contribution in [1.29, 1.82) is 0 Å². The van der Waals surface area contributed by atoms with Gasteiger partial charge < -0.3 is 30.0 Å². The first-order chi connectivity index (χ1) is 15.8. The van der Waals surface area contributed by atoms with E-state index in [1.54, 1.807) is 42.5 Å². The first-order valence-electron chi connectivity index (χ1n) is 10.4. The zero-order chi connectivity index (χ0) is 24.0. The van der Waals surface area contributed by atoms with E-state index in [0.29, 0.717) is 22.8 Å². The number of para-hydroxylation sites is 1. The smallest absolute Gasteiger partial charge is 0.326 e. The van der Waals surface area contributed by atoms with Gasteiger partial charge >= 0.3 is 5.97 Å². The van der Waals surface area contributed by atoms with Crippen LogP contribution in [0.4, 0.5) is 0 Å². The number of carboxylic acids is 1. The summed E-state index contributed by atoms with van der Waals surface area (Å²) >= 11 is 0. The van der Waals surface area contributed by atoms with E-state index in [1.807, 2.05) is 13.8 Å². The molecule has 2 aromatic carbocycles. The Labute approximate surface area is 191 Å². The van der Waals surface area contributed by atoms with Crippen molar-refractivity contribution in [2.75, 3.05) is 13.9 Å². The molecule has 9 nitrogen and oxygen atoms in total. The number of benzene rings is 2. The number of methoxy groups -OCH3 is 1. The molecule has 1 atom stereocenters. The van der Waals surface area contributed by atoms with E-state index in [-0.39, 0.29) is 30.4 Å². The van der Waals surface area contributed by atoms with Crippen LogP contribution in [-0.2, 0) is 9.59 Å². The zero-order valence-corrected chi connectivity index (χ0v) is 18.6. The Balaban J connectivity index is 1.92. The van der Waals surface area contributed by atoms with Crippen molar-refractivity contribution in [2.24, 2.45) is 5.92 Å². The predicted molar refractivity (Wildman–Crippen MR) is 120 cm³/mol. The number of carbonyl (C=O) groups is 3. The Morgan fingerprint density at radius 3 is 2.55 bits per heavy atom. The molecule has 3 rings (SSSR count). The lowest BCUT2D eigenvalue weighted by Crippen LogP contribution is -2.45. The molecule has 0 saturated carbocycles. The van der Waals surface area contributed by atoms with Crippen molar-refractivity contribution in [1.82, 2.24) is 10.6 Å². The molecule has 2 aromatic rings. The van der Waals surface area contributed by atoms with Crippen LogP contribution in [0, 0.1) is 5.92 Å². The lowest BCUT2D eigenvalue weighted by molar-refractivity contribution is -0.141. The van der Waals surface area contributed by atoms with Gasteiger partial charge in [-0.1, -0.05) is 32.0 Å². The van der Waals surface area contributed by atoms with E-state index >= 15 is 0 Å². The van der Waals surface area contributed by atoms with E-state index < -0.39 is 23.8 Å². The summed E-state index contributed by atoms with van der Waals surface area (Å²) in [5.41, 5.74) is 0.654. The fourth-order valence-electron chi connectivity index (χ4n) is 3.28. The molecule has 1 aliphatic rings. The summed E-state index contributed by atoms with van der Waals surface area (Å²) in [4.78, 5) is 37.6. The normalized spacial score (nSPS) is 13.4. The van der Waals surface area contributed by atoms with Gasteiger partial charge in [-0.25, -0.2) is 4.79 Å². The highest BCUT2D eigenvalue weighted by atomic mass is 16.7. The van der Waals surface area contributed by atoms with Crippen LogP contribution in [0.1, 0.15) is 36.2 Å². The van der Waals surface area contributed by atoms with Gasteiger partial charge in [-0.2, -0.15) is 0 Å². The van der Waals surface area contributed by atoms with Gasteiger partial charge in [0, 0.05) is 0 Å². The lowest BCUT2D eigenvalue weighted by Gasteiger charge is -2.18. The summed E-state index contributed by atoms with van der Waals surface area (Å²) in [5, 5.41) is 14.6. The van der Waals surface area contributed by atoms with Gasteiger partial charge in [-0.05, 0) is 48.2 Å². The van der Waals surface area contributed by atoms with Gasteiger partial charge in [0.05, 0.1) is 12.7 Å². The maximum absolute atomic E-state index is 13.1. The molecule has 0 radical (unpaired) electrons. The molecule has 33 heavy (non-hydrogen) atoms. The van der Waals surface area contributed by atoms with Crippen LogP contribution < -0.4 is 24.8 Å². The summed E-state index contributed by atoms with van der Waals surface area (Å²) < 4.78 is 15.9. The van der Waals surface area contributed by atoms with Crippen LogP contribution >= 0.6 is 0 Å². The average molecular weight is 454 g/mol. The molecule has 0 bridgehead atoms. The molecule has 0 aromatic heterocycles. The molecular formula is C24H26N2O7. The maximum atomic E-state index is 13.1. The number of rotatable bonds is 9. The molecule has 2 amide bonds. The molecular weight excluding hydrogens is 428 g/mol. The third-order valence-corrected chi connectivity index (χ3v) is 4.86. The van der Waals surface area contributed by atoms with E-state index in [2.05, 4.69) is 10.6 Å². The summed E-state index contributed by atoms with van der Waals surface area (Å²) in [6.45, 7) is 3.81. The second-order valence-electron chi connectivity index (χ2n) is 7.82. The Hall–Kier alpha value is -4.01. The highest BCUT2D eigenvalue weighted by Crippen LogP contribution is 2.33. The Kier molecular flexibility index (Phi) is 7.55. The second-order valence-corrected chi connectivity index (χ2v) is 7.82. The molecule has 0 aliphatic carbocycles. The number of hydrogen-bond acceptors (Lipinski definition) is 6. The minimum Gasteiger partial charge on any atom is -0.496 e. The minimum atomic E-state index is -1.16. The number of nitrogens with one attached hydrogen (secondary N) is 2. The second kappa shape index (κ2) is 10.5. The van der Waals surface area contributed by atoms with Gasteiger partial charge in [-0.15, -0.1) is 0 Å². The number of hydrogen-bond donors (Lipinski definition) is 3. The van der Waals surface area contributed by atoms with Gasteiger partial charge in [-0.3, -0.25) is 9.59 Å². The highest BCUT2D eigenvalue weighted by molar-refractivity contribution is 6.07. The van der Waals surface area contributed by atoms with Crippen molar-refractivity contribution in [2.45, 2.75) is 26.3 Å². The van der Waals surface area contributed by atoms with Crippen LogP contribution in [0.25, 0.3) is 6.08 Å². The summed E-state index contributed by atoms with van der Waals surface area (Å²) in [6, 6.07) is 10.5. The van der Waals surface area contributed by atoms with Crippen LogP contribution in [-0.4, -0.2) is 42.8 Å². The maximum Gasteiger partial charge on any atom is 0.326 e. The quantitative estimate of drug-likeness (QED) is 0.498.